The molecule has 2 fully saturated rings. The van der Waals surface area contributed by atoms with Crippen molar-refractivity contribution in [1.29, 1.82) is 0 Å². The zero-order valence-corrected chi connectivity index (χ0v) is 18.9. The minimum absolute atomic E-state index is 0.0586. The van der Waals surface area contributed by atoms with Crippen LogP contribution >= 0.6 is 0 Å². The lowest BCUT2D eigenvalue weighted by Crippen LogP contribution is -2.42. The molecule has 5 rings (SSSR count). The molecule has 0 radical (unpaired) electrons. The number of benzene rings is 1. The Kier molecular flexibility index (Phi) is 5.72. The molecule has 0 unspecified atom stereocenters. The lowest BCUT2D eigenvalue weighted by molar-refractivity contribution is -0.140. The second-order valence-corrected chi connectivity index (χ2v) is 8.85. The summed E-state index contributed by atoms with van der Waals surface area (Å²) >= 11 is 0. The average molecular weight is 453 g/mol. The van der Waals surface area contributed by atoms with E-state index in [1.165, 1.54) is 4.90 Å². The van der Waals surface area contributed by atoms with Gasteiger partial charge in [-0.15, -0.1) is 0 Å². The van der Waals surface area contributed by atoms with Gasteiger partial charge < -0.3 is 23.9 Å². The van der Waals surface area contributed by atoms with Gasteiger partial charge in [0.05, 0.1) is 18.8 Å². The smallest absolute Gasteiger partial charge is 0.295 e. The van der Waals surface area contributed by atoms with E-state index in [2.05, 4.69) is 4.90 Å². The Morgan fingerprint density at radius 1 is 1.12 bits per heavy atom. The molecule has 1 aromatic carbocycles. The Balaban J connectivity index is 1.51. The van der Waals surface area contributed by atoms with Crippen molar-refractivity contribution in [3.8, 4) is 5.75 Å². The second-order valence-electron chi connectivity index (χ2n) is 8.85. The number of rotatable bonds is 5. The van der Waals surface area contributed by atoms with Gasteiger partial charge in [-0.2, -0.15) is 0 Å². The van der Waals surface area contributed by atoms with Gasteiger partial charge in [-0.3, -0.25) is 14.5 Å². The van der Waals surface area contributed by atoms with Gasteiger partial charge in [0.2, 0.25) is 0 Å². The molecule has 8 nitrogen and oxygen atoms in total. The highest BCUT2D eigenvalue weighted by molar-refractivity contribution is 6.46. The number of morpholine rings is 1. The molecule has 0 spiro atoms. The highest BCUT2D eigenvalue weighted by Gasteiger charge is 2.47. The van der Waals surface area contributed by atoms with Crippen molar-refractivity contribution in [3.63, 3.8) is 0 Å². The van der Waals surface area contributed by atoms with Crippen molar-refractivity contribution in [1.82, 2.24) is 9.80 Å². The number of nitrogens with zero attached hydrogens (tertiary/aromatic N) is 2. The van der Waals surface area contributed by atoms with E-state index in [4.69, 9.17) is 13.9 Å². The van der Waals surface area contributed by atoms with E-state index in [0.717, 1.165) is 30.8 Å². The maximum Gasteiger partial charge on any atom is 0.295 e. The highest BCUT2D eigenvalue weighted by atomic mass is 16.5. The van der Waals surface area contributed by atoms with Crippen molar-refractivity contribution in [2.24, 2.45) is 0 Å². The largest absolute Gasteiger partial charge is 0.507 e. The summed E-state index contributed by atoms with van der Waals surface area (Å²) in [6, 6.07) is 8.14. The average Bonchev–Trinajstić information content (AvgIpc) is 3.47. The van der Waals surface area contributed by atoms with Crippen molar-refractivity contribution >= 4 is 17.4 Å². The number of furan rings is 1. The van der Waals surface area contributed by atoms with Crippen LogP contribution in [0, 0.1) is 6.92 Å². The third kappa shape index (κ3) is 4.05. The lowest BCUT2D eigenvalue weighted by atomic mass is 9.97. The van der Waals surface area contributed by atoms with Crippen LogP contribution in [0.1, 0.15) is 35.6 Å². The Hall–Kier alpha value is -3.10. The predicted octanol–water partition coefficient (Wildman–Crippen LogP) is 2.67. The predicted molar refractivity (Wildman–Crippen MR) is 120 cm³/mol. The molecule has 0 saturated carbocycles. The Bertz CT molecular complexity index is 1110. The first-order chi connectivity index (χ1) is 15.9. The zero-order chi connectivity index (χ0) is 23.1. The van der Waals surface area contributed by atoms with Crippen LogP contribution in [-0.4, -0.2) is 72.1 Å². The number of Topliss-reactive ketones (excluding diaryl/α,β-unsaturated/α-hetero) is 1. The van der Waals surface area contributed by atoms with E-state index in [0.29, 0.717) is 43.4 Å². The summed E-state index contributed by atoms with van der Waals surface area (Å²) in [5.41, 5.74) is 1.52. The molecule has 3 aliphatic heterocycles. The van der Waals surface area contributed by atoms with Crippen LogP contribution in [0.2, 0.25) is 0 Å². The fourth-order valence-corrected chi connectivity index (χ4v) is 4.81. The van der Waals surface area contributed by atoms with Crippen molar-refractivity contribution in [3.05, 3.63) is 58.6 Å². The van der Waals surface area contributed by atoms with Gasteiger partial charge in [0, 0.05) is 38.2 Å². The SMILES string of the molecule is Cc1ccc([C@H]2C(=C(O)c3ccc4c(c3)C[C@H](C)O4)C(=O)C(=O)N2CCN2CCOCC2)o1. The molecule has 2 saturated heterocycles. The fraction of sp³-hybridized carbons (Fsp3) is 0.440. The number of amides is 1. The van der Waals surface area contributed by atoms with Gasteiger partial charge in [-0.25, -0.2) is 0 Å². The van der Waals surface area contributed by atoms with Crippen LogP contribution in [0.3, 0.4) is 0 Å². The number of likely N-dealkylation sites (tertiary alicyclic amines) is 1. The molecule has 2 atom stereocenters. The maximum atomic E-state index is 13.1. The van der Waals surface area contributed by atoms with Crippen LogP contribution in [0.15, 0.2) is 40.3 Å². The molecule has 1 N–H and O–H groups in total. The van der Waals surface area contributed by atoms with Crippen molar-refractivity contribution in [2.45, 2.75) is 32.4 Å². The molecular weight excluding hydrogens is 424 g/mol. The van der Waals surface area contributed by atoms with Gasteiger partial charge in [0.1, 0.15) is 35.2 Å². The van der Waals surface area contributed by atoms with E-state index < -0.39 is 17.7 Å². The van der Waals surface area contributed by atoms with Gasteiger partial charge in [0.25, 0.3) is 11.7 Å². The number of fused-ring (bicyclic) bond motifs is 1. The number of ketones is 1. The fourth-order valence-electron chi connectivity index (χ4n) is 4.81. The molecule has 0 aliphatic carbocycles. The summed E-state index contributed by atoms with van der Waals surface area (Å²) in [6.45, 7) is 7.63. The van der Waals surface area contributed by atoms with E-state index in [1.807, 2.05) is 19.9 Å². The molecular formula is C25H28N2O6. The summed E-state index contributed by atoms with van der Waals surface area (Å²) in [6.07, 6.45) is 0.791. The summed E-state index contributed by atoms with van der Waals surface area (Å²) in [4.78, 5) is 29.9. The number of hydrogen-bond donors (Lipinski definition) is 1. The quantitative estimate of drug-likeness (QED) is 0.424. The van der Waals surface area contributed by atoms with Gasteiger partial charge in [-0.1, -0.05) is 0 Å². The molecule has 1 aromatic heterocycles. The van der Waals surface area contributed by atoms with Crippen molar-refractivity contribution < 1.29 is 28.6 Å². The van der Waals surface area contributed by atoms with Crippen molar-refractivity contribution in [2.75, 3.05) is 39.4 Å². The van der Waals surface area contributed by atoms with Crippen LogP contribution in [0.5, 0.6) is 5.75 Å². The van der Waals surface area contributed by atoms with Gasteiger partial charge >= 0.3 is 0 Å². The minimum Gasteiger partial charge on any atom is -0.507 e. The molecule has 8 heteroatoms. The summed E-state index contributed by atoms with van der Waals surface area (Å²) in [7, 11) is 0. The third-order valence-electron chi connectivity index (χ3n) is 6.50. The highest BCUT2D eigenvalue weighted by Crippen LogP contribution is 2.41. The number of ether oxygens (including phenoxy) is 2. The standard InChI is InChI=1S/C25H28N2O6/c1-15-3-5-20(32-15)22-21(23(28)17-4-6-19-18(14-17)13-16(2)33-19)24(29)25(30)27(22)8-7-26-9-11-31-12-10-26/h3-6,14,16,22,28H,7-13H2,1-2H3/t16-,22-/m0/s1. The van der Waals surface area contributed by atoms with E-state index in [1.54, 1.807) is 24.3 Å². The topological polar surface area (TPSA) is 92.5 Å². The van der Waals surface area contributed by atoms with Crippen LogP contribution in [0.25, 0.3) is 5.76 Å². The first kappa shape index (κ1) is 21.7. The second kappa shape index (κ2) is 8.68. The third-order valence-corrected chi connectivity index (χ3v) is 6.50. The number of hydrogen-bond acceptors (Lipinski definition) is 7. The van der Waals surface area contributed by atoms with Gasteiger partial charge in [-0.05, 0) is 49.7 Å². The first-order valence-corrected chi connectivity index (χ1v) is 11.4. The Morgan fingerprint density at radius 3 is 2.64 bits per heavy atom. The van der Waals surface area contributed by atoms with Crippen LogP contribution < -0.4 is 4.74 Å². The number of aryl methyl sites for hydroxylation is 1. The Morgan fingerprint density at radius 2 is 1.91 bits per heavy atom. The summed E-state index contributed by atoms with van der Waals surface area (Å²) in [5, 5.41) is 11.2. The summed E-state index contributed by atoms with van der Waals surface area (Å²) in [5.74, 6) is 0.410. The van der Waals surface area contributed by atoms with Crippen LogP contribution in [-0.2, 0) is 20.7 Å². The summed E-state index contributed by atoms with van der Waals surface area (Å²) < 4.78 is 17.0. The molecule has 33 heavy (non-hydrogen) atoms. The monoisotopic (exact) mass is 452 g/mol. The number of carbonyl (C=O) groups excluding carboxylic acids is 2. The lowest BCUT2D eigenvalue weighted by Gasteiger charge is -2.30. The molecule has 174 valence electrons. The van der Waals surface area contributed by atoms with E-state index in [9.17, 15) is 14.7 Å². The van der Waals surface area contributed by atoms with Crippen LogP contribution in [0.4, 0.5) is 0 Å². The molecule has 1 amide bonds. The van der Waals surface area contributed by atoms with Gasteiger partial charge in [0.15, 0.2) is 0 Å². The molecule has 3 aliphatic rings. The minimum atomic E-state index is -0.775. The number of aliphatic hydroxyl groups excluding tert-OH is 1. The maximum absolute atomic E-state index is 13.1. The molecule has 4 heterocycles. The zero-order valence-electron chi connectivity index (χ0n) is 18.9. The number of aliphatic hydroxyl groups is 1. The number of carbonyl (C=O) groups is 2. The first-order valence-electron chi connectivity index (χ1n) is 11.4. The van der Waals surface area contributed by atoms with E-state index >= 15 is 0 Å². The molecule has 2 aromatic rings. The molecule has 0 bridgehead atoms. The van der Waals surface area contributed by atoms with E-state index in [-0.39, 0.29) is 17.4 Å². The Labute approximate surface area is 192 Å². The normalized spacial score (nSPS) is 24.8.